The van der Waals surface area contributed by atoms with Crippen LogP contribution in [0.25, 0.3) is 11.0 Å². The number of imidazole rings is 1. The van der Waals surface area contributed by atoms with Crippen LogP contribution in [0.4, 0.5) is 21.9 Å². The van der Waals surface area contributed by atoms with Gasteiger partial charge in [0.05, 0.1) is 22.3 Å². The first-order valence-electron chi connectivity index (χ1n) is 6.37. The summed E-state index contributed by atoms with van der Waals surface area (Å²) in [5.74, 6) is 0. The van der Waals surface area contributed by atoms with Crippen molar-refractivity contribution in [2.45, 2.75) is 0 Å². The molecule has 8 nitrogen and oxygen atoms in total. The van der Waals surface area contributed by atoms with Crippen LogP contribution >= 0.6 is 0 Å². The summed E-state index contributed by atoms with van der Waals surface area (Å²) in [6.45, 7) is 0. The van der Waals surface area contributed by atoms with E-state index in [4.69, 9.17) is 0 Å². The summed E-state index contributed by atoms with van der Waals surface area (Å²) in [5.41, 5.74) is 2.43. The summed E-state index contributed by atoms with van der Waals surface area (Å²) in [6, 6.07) is 10.5. The summed E-state index contributed by atoms with van der Waals surface area (Å²) >= 11 is 0. The van der Waals surface area contributed by atoms with E-state index in [-0.39, 0.29) is 5.69 Å². The van der Waals surface area contributed by atoms with Gasteiger partial charge < -0.3 is 15.6 Å². The number of urea groups is 1. The number of H-pyrrole nitrogens is 1. The smallest absolute Gasteiger partial charge is 0.323 e. The largest absolute Gasteiger partial charge is 0.345 e. The van der Waals surface area contributed by atoms with E-state index < -0.39 is 11.0 Å². The van der Waals surface area contributed by atoms with Crippen LogP contribution in [0.1, 0.15) is 0 Å². The number of nitro groups is 1. The minimum absolute atomic E-state index is 0.0864. The summed E-state index contributed by atoms with van der Waals surface area (Å²) in [4.78, 5) is 29.1. The zero-order valence-electron chi connectivity index (χ0n) is 11.2. The number of anilines is 2. The number of nitrogens with zero attached hydrogens (tertiary/aromatic N) is 2. The molecule has 0 saturated carbocycles. The number of carbonyl (C=O) groups is 1. The van der Waals surface area contributed by atoms with Gasteiger partial charge in [-0.15, -0.1) is 0 Å². The van der Waals surface area contributed by atoms with Crippen molar-refractivity contribution in [1.29, 1.82) is 0 Å². The van der Waals surface area contributed by atoms with Crippen LogP contribution < -0.4 is 10.6 Å². The SMILES string of the molecule is O=C(Nc1cccc([N+](=O)[O-])c1)Nc1ccc2nc[nH]c2c1. The Balaban J connectivity index is 1.71. The minimum atomic E-state index is -0.519. The molecule has 1 heterocycles. The Kier molecular flexibility index (Phi) is 3.40. The molecule has 22 heavy (non-hydrogen) atoms. The Morgan fingerprint density at radius 1 is 1.14 bits per heavy atom. The molecule has 0 saturated heterocycles. The molecule has 0 atom stereocenters. The number of nitrogens with one attached hydrogen (secondary N) is 3. The highest BCUT2D eigenvalue weighted by Gasteiger charge is 2.08. The molecule has 110 valence electrons. The lowest BCUT2D eigenvalue weighted by molar-refractivity contribution is -0.384. The van der Waals surface area contributed by atoms with E-state index in [2.05, 4.69) is 20.6 Å². The highest BCUT2D eigenvalue weighted by molar-refractivity contribution is 6.00. The van der Waals surface area contributed by atoms with Crippen LogP contribution in [0.5, 0.6) is 0 Å². The molecular weight excluding hydrogens is 286 g/mol. The highest BCUT2D eigenvalue weighted by atomic mass is 16.6. The minimum Gasteiger partial charge on any atom is -0.345 e. The zero-order chi connectivity index (χ0) is 15.5. The summed E-state index contributed by atoms with van der Waals surface area (Å²) in [6.07, 6.45) is 1.57. The van der Waals surface area contributed by atoms with Gasteiger partial charge in [0.2, 0.25) is 0 Å². The van der Waals surface area contributed by atoms with Crippen molar-refractivity contribution < 1.29 is 9.72 Å². The van der Waals surface area contributed by atoms with Crippen LogP contribution in [-0.2, 0) is 0 Å². The number of hydrogen-bond donors (Lipinski definition) is 3. The molecule has 0 radical (unpaired) electrons. The van der Waals surface area contributed by atoms with Gasteiger partial charge in [-0.2, -0.15) is 0 Å². The van der Waals surface area contributed by atoms with Crippen molar-refractivity contribution in [2.75, 3.05) is 10.6 Å². The number of carbonyl (C=O) groups excluding carboxylic acids is 1. The van der Waals surface area contributed by atoms with Gasteiger partial charge in [-0.05, 0) is 24.3 Å². The average molecular weight is 297 g/mol. The molecule has 1 aromatic heterocycles. The topological polar surface area (TPSA) is 113 Å². The molecule has 8 heteroatoms. The quantitative estimate of drug-likeness (QED) is 0.509. The molecule has 0 spiro atoms. The second-order valence-corrected chi connectivity index (χ2v) is 4.52. The number of amides is 2. The number of fused-ring (bicyclic) bond motifs is 1. The summed E-state index contributed by atoms with van der Waals surface area (Å²) in [5, 5.41) is 15.9. The number of non-ortho nitro benzene ring substituents is 1. The van der Waals surface area contributed by atoms with Crippen LogP contribution in [0.15, 0.2) is 48.8 Å². The van der Waals surface area contributed by atoms with Crippen molar-refractivity contribution in [3.63, 3.8) is 0 Å². The molecule has 3 aromatic rings. The Hall–Kier alpha value is -3.42. The van der Waals surface area contributed by atoms with E-state index in [1.54, 1.807) is 30.6 Å². The second-order valence-electron chi connectivity index (χ2n) is 4.52. The number of hydrogen-bond acceptors (Lipinski definition) is 4. The third kappa shape index (κ3) is 2.85. The lowest BCUT2D eigenvalue weighted by Gasteiger charge is -2.07. The average Bonchev–Trinajstić information content (AvgIpc) is 2.95. The monoisotopic (exact) mass is 297 g/mol. The summed E-state index contributed by atoms with van der Waals surface area (Å²) in [7, 11) is 0. The number of aromatic amines is 1. The predicted molar refractivity (Wildman–Crippen MR) is 81.8 cm³/mol. The number of nitro benzene ring substituents is 1. The first-order chi connectivity index (χ1) is 10.6. The van der Waals surface area contributed by atoms with Gasteiger partial charge in [0, 0.05) is 23.5 Å². The molecule has 0 bridgehead atoms. The van der Waals surface area contributed by atoms with Crippen molar-refractivity contribution in [2.24, 2.45) is 0 Å². The van der Waals surface area contributed by atoms with E-state index in [0.29, 0.717) is 11.4 Å². The lowest BCUT2D eigenvalue weighted by Crippen LogP contribution is -2.19. The van der Waals surface area contributed by atoms with Crippen LogP contribution in [0.3, 0.4) is 0 Å². The Bertz CT molecular complexity index is 858. The summed E-state index contributed by atoms with van der Waals surface area (Å²) < 4.78 is 0. The van der Waals surface area contributed by atoms with Gasteiger partial charge in [-0.3, -0.25) is 10.1 Å². The van der Waals surface area contributed by atoms with Gasteiger partial charge in [-0.25, -0.2) is 9.78 Å². The molecule has 0 aliphatic rings. The van der Waals surface area contributed by atoms with E-state index >= 15 is 0 Å². The third-order valence-electron chi connectivity index (χ3n) is 2.99. The maximum absolute atomic E-state index is 11.9. The van der Waals surface area contributed by atoms with Crippen molar-refractivity contribution in [3.8, 4) is 0 Å². The van der Waals surface area contributed by atoms with Crippen LogP contribution in [0.2, 0.25) is 0 Å². The molecule has 0 aliphatic heterocycles. The standard InChI is InChI=1S/C14H11N5O3/c20-14(17-9-2-1-3-11(6-9)19(21)22)18-10-4-5-12-13(7-10)16-8-15-12/h1-8H,(H,15,16)(H2,17,18,20). The van der Waals surface area contributed by atoms with Crippen molar-refractivity contribution >= 4 is 34.1 Å². The highest BCUT2D eigenvalue weighted by Crippen LogP contribution is 2.18. The molecule has 0 fully saturated rings. The van der Waals surface area contributed by atoms with Crippen molar-refractivity contribution in [1.82, 2.24) is 9.97 Å². The van der Waals surface area contributed by atoms with Gasteiger partial charge in [0.15, 0.2) is 0 Å². The Morgan fingerprint density at radius 2 is 1.91 bits per heavy atom. The fraction of sp³-hybridized carbons (Fsp3) is 0. The Morgan fingerprint density at radius 3 is 2.68 bits per heavy atom. The first-order valence-corrected chi connectivity index (χ1v) is 6.37. The molecule has 0 aliphatic carbocycles. The molecule has 0 unspecified atom stereocenters. The van der Waals surface area contributed by atoms with Crippen molar-refractivity contribution in [3.05, 3.63) is 58.9 Å². The fourth-order valence-electron chi connectivity index (χ4n) is 2.00. The number of aromatic nitrogens is 2. The third-order valence-corrected chi connectivity index (χ3v) is 2.99. The van der Waals surface area contributed by atoms with Crippen LogP contribution in [-0.4, -0.2) is 20.9 Å². The predicted octanol–water partition coefficient (Wildman–Crippen LogP) is 3.12. The number of benzene rings is 2. The molecule has 3 rings (SSSR count). The van der Waals surface area contributed by atoms with Gasteiger partial charge >= 0.3 is 6.03 Å². The number of rotatable bonds is 3. The van der Waals surface area contributed by atoms with Gasteiger partial charge in [-0.1, -0.05) is 6.07 Å². The van der Waals surface area contributed by atoms with E-state index in [1.165, 1.54) is 18.2 Å². The maximum atomic E-state index is 11.9. The maximum Gasteiger partial charge on any atom is 0.323 e. The second kappa shape index (κ2) is 5.52. The molecule has 2 amide bonds. The van der Waals surface area contributed by atoms with Gasteiger partial charge in [0.1, 0.15) is 0 Å². The Labute approximate surface area is 124 Å². The van der Waals surface area contributed by atoms with E-state index in [9.17, 15) is 14.9 Å². The van der Waals surface area contributed by atoms with E-state index in [1.807, 2.05) is 0 Å². The van der Waals surface area contributed by atoms with E-state index in [0.717, 1.165) is 11.0 Å². The fourth-order valence-corrected chi connectivity index (χ4v) is 2.00. The van der Waals surface area contributed by atoms with Crippen LogP contribution in [0, 0.1) is 10.1 Å². The first kappa shape index (κ1) is 13.6. The molecular formula is C14H11N5O3. The van der Waals surface area contributed by atoms with Gasteiger partial charge in [0.25, 0.3) is 5.69 Å². The molecule has 3 N–H and O–H groups in total. The zero-order valence-corrected chi connectivity index (χ0v) is 11.2. The molecule has 2 aromatic carbocycles. The normalized spacial score (nSPS) is 10.4. The lowest BCUT2D eigenvalue weighted by atomic mass is 10.2.